The molecule has 0 saturated carbocycles. The zero-order valence-electron chi connectivity index (χ0n) is 47.2. The Kier molecular flexibility index (Phi) is 14.1. The van der Waals surface area contributed by atoms with Gasteiger partial charge in [0.15, 0.2) is 17.4 Å². The summed E-state index contributed by atoms with van der Waals surface area (Å²) in [6, 6.07) is 0. The zero-order chi connectivity index (χ0) is 54.0. The molecule has 16 rings (SSSR count). The van der Waals surface area contributed by atoms with Crippen LogP contribution in [0.15, 0.2) is 0 Å². The Morgan fingerprint density at radius 2 is 1.06 bits per heavy atom. The van der Waals surface area contributed by atoms with Gasteiger partial charge in [0.05, 0.1) is 129 Å². The number of carbonyl (C=O) groups is 1. The van der Waals surface area contributed by atoms with E-state index < -0.39 is 60.6 Å². The van der Waals surface area contributed by atoms with Crippen LogP contribution in [0.3, 0.4) is 0 Å². The lowest BCUT2D eigenvalue weighted by atomic mass is 9.77. The van der Waals surface area contributed by atoms with E-state index in [9.17, 15) is 20.1 Å². The lowest BCUT2D eigenvalue weighted by Gasteiger charge is -2.51. The van der Waals surface area contributed by atoms with Crippen molar-refractivity contribution in [3.05, 3.63) is 0 Å². The van der Waals surface area contributed by atoms with Gasteiger partial charge >= 0.3 is 5.97 Å². The summed E-state index contributed by atoms with van der Waals surface area (Å²) in [5, 5.41) is 30.4. The predicted octanol–water partition coefficient (Wildman–Crippen LogP) is 5.09. The quantitative estimate of drug-likeness (QED) is 0.313. The maximum Gasteiger partial charge on any atom is 0.308 e. The van der Waals surface area contributed by atoms with Crippen LogP contribution in [0.1, 0.15) is 157 Å². The minimum atomic E-state index is -1.01. The van der Waals surface area contributed by atoms with Crippen LogP contribution in [0.25, 0.3) is 0 Å². The molecule has 0 amide bonds. The second kappa shape index (κ2) is 20.5. The normalized spacial score (nSPS) is 59.1. The smallest absolute Gasteiger partial charge is 0.308 e. The average molecular weight is 1120 g/mol. The molecule has 444 valence electrons. The average Bonchev–Trinajstić information content (AvgIpc) is 4.45. The van der Waals surface area contributed by atoms with Crippen LogP contribution in [0, 0.1) is 35.5 Å². The molecule has 0 aromatic carbocycles. The van der Waals surface area contributed by atoms with Gasteiger partial charge in [-0.25, -0.2) is 0 Å². The Morgan fingerprint density at radius 1 is 0.430 bits per heavy atom. The molecule has 0 radical (unpaired) electrons. The molecular weight excluding hydrogens is 1020 g/mol. The number of fused-ring (bicyclic) bond motifs is 10. The van der Waals surface area contributed by atoms with Gasteiger partial charge < -0.3 is 86.4 Å². The summed E-state index contributed by atoms with van der Waals surface area (Å²) in [4.78, 5) is 14.6. The van der Waals surface area contributed by atoms with Crippen LogP contribution in [0.4, 0.5) is 0 Å². The van der Waals surface area contributed by atoms with Crippen molar-refractivity contribution < 1.29 is 91.2 Å². The van der Waals surface area contributed by atoms with Gasteiger partial charge in [-0.15, -0.1) is 0 Å². The molecule has 3 spiro atoms. The fraction of sp³-hybridized carbons (Fsp3) is 0.983. The number of aliphatic hydroxyl groups is 3. The van der Waals surface area contributed by atoms with E-state index in [4.69, 9.17) is 71.1 Å². The fourth-order valence-electron chi connectivity index (χ4n) is 18.8. The summed E-state index contributed by atoms with van der Waals surface area (Å²) in [6.07, 6.45) is 4.30. The van der Waals surface area contributed by atoms with Crippen molar-refractivity contribution in [1.82, 2.24) is 0 Å². The third-order valence-corrected chi connectivity index (χ3v) is 22.8. The minimum absolute atomic E-state index is 0.0369. The van der Waals surface area contributed by atoms with Gasteiger partial charge in [-0.3, -0.25) is 4.79 Å². The predicted molar refractivity (Wildman–Crippen MR) is 274 cm³/mol. The van der Waals surface area contributed by atoms with Crippen molar-refractivity contribution in [2.45, 2.75) is 327 Å². The summed E-state index contributed by atoms with van der Waals surface area (Å²) in [7, 11) is 0. The van der Waals surface area contributed by atoms with Gasteiger partial charge in [0, 0.05) is 70.1 Å². The van der Waals surface area contributed by atoms with E-state index in [0.717, 1.165) is 44.9 Å². The number of ether oxygens (including phenoxy) is 15. The topological polar surface area (TPSA) is 216 Å². The Labute approximate surface area is 464 Å². The monoisotopic (exact) mass is 1110 g/mol. The van der Waals surface area contributed by atoms with E-state index in [2.05, 4.69) is 41.5 Å². The fourth-order valence-corrected chi connectivity index (χ4v) is 18.8. The molecule has 0 aliphatic carbocycles. The molecule has 34 atom stereocenters. The Morgan fingerprint density at radius 3 is 1.91 bits per heavy atom. The van der Waals surface area contributed by atoms with Gasteiger partial charge in [0.1, 0.15) is 36.6 Å². The standard InChI is InChI=1S/C60H90O19/c1-26-13-33-7-9-37-27(2)14-35(65-37)11-12-58-23-46-54(78-58)55-56(72-46)57(79-58)53-38(69-55)10-8-34(67-53)16-48(64)73-52-31(6)51-43(68-42(52)17-39(66-33)30(26)5)19-41-45(71-51)22-60(74-41)24-47-50(77-60)29(4)21-59(76-47)20-28(3)49-44(75-59)18-40(70-49)36(63)15-32(62)25-61/h26-47,49-57,61-63H,7-25H2,1-6H3/t26-,27-,28+,29+,30+,31+,32-,33+,34-,35+,36+,37+,38+,39-,40+,41-,42+,43+,44+,45-,46-,47+,49+,50+,51+,52-,53+,54-,55+,56-,57+,58+,59-,60+/m1/s1. The van der Waals surface area contributed by atoms with Crippen LogP contribution in [-0.2, 0) is 75.8 Å². The molecule has 16 heterocycles. The van der Waals surface area contributed by atoms with Gasteiger partial charge in [0.25, 0.3) is 0 Å². The molecule has 12 bridgehead atoms. The number of esters is 1. The summed E-state index contributed by atoms with van der Waals surface area (Å²) in [6.45, 7) is 13.1. The Balaban J connectivity index is 0.654. The van der Waals surface area contributed by atoms with E-state index in [1.165, 1.54) is 0 Å². The zero-order valence-corrected chi connectivity index (χ0v) is 47.2. The van der Waals surface area contributed by atoms with Gasteiger partial charge in [-0.05, 0) is 74.5 Å². The maximum atomic E-state index is 14.6. The molecule has 16 saturated heterocycles. The van der Waals surface area contributed by atoms with E-state index in [0.29, 0.717) is 69.6 Å². The number of hydrogen-bond donors (Lipinski definition) is 3. The maximum absolute atomic E-state index is 14.6. The highest BCUT2D eigenvalue weighted by Gasteiger charge is 2.70. The van der Waals surface area contributed by atoms with Crippen molar-refractivity contribution in [1.29, 1.82) is 0 Å². The highest BCUT2D eigenvalue weighted by molar-refractivity contribution is 5.70. The molecule has 19 heteroatoms. The van der Waals surface area contributed by atoms with Crippen molar-refractivity contribution in [3.63, 3.8) is 0 Å². The largest absolute Gasteiger partial charge is 0.459 e. The minimum Gasteiger partial charge on any atom is -0.459 e. The first kappa shape index (κ1) is 54.4. The van der Waals surface area contributed by atoms with Crippen molar-refractivity contribution in [3.8, 4) is 0 Å². The summed E-state index contributed by atoms with van der Waals surface area (Å²) >= 11 is 0. The molecule has 0 aromatic heterocycles. The first-order valence-electron chi connectivity index (χ1n) is 31.5. The van der Waals surface area contributed by atoms with Crippen LogP contribution in [-0.4, -0.2) is 198 Å². The Hall–Kier alpha value is -1.21. The van der Waals surface area contributed by atoms with Gasteiger partial charge in [0.2, 0.25) is 0 Å². The first-order valence-corrected chi connectivity index (χ1v) is 31.5. The van der Waals surface area contributed by atoms with Crippen LogP contribution in [0.2, 0.25) is 0 Å². The van der Waals surface area contributed by atoms with Gasteiger partial charge in [-0.1, -0.05) is 41.5 Å². The molecule has 3 N–H and O–H groups in total. The highest BCUT2D eigenvalue weighted by atomic mass is 16.8. The summed E-state index contributed by atoms with van der Waals surface area (Å²) in [5.41, 5.74) is 0. The molecule has 16 aliphatic heterocycles. The number of carbonyl (C=O) groups excluding carboxylic acids is 1. The van der Waals surface area contributed by atoms with Crippen molar-refractivity contribution >= 4 is 5.97 Å². The van der Waals surface area contributed by atoms with Crippen LogP contribution < -0.4 is 0 Å². The van der Waals surface area contributed by atoms with Crippen molar-refractivity contribution in [2.75, 3.05) is 6.61 Å². The summed E-state index contributed by atoms with van der Waals surface area (Å²) in [5.74, 6) is -1.69. The number of hydrogen-bond acceptors (Lipinski definition) is 19. The molecule has 0 aromatic rings. The first-order chi connectivity index (χ1) is 38.0. The van der Waals surface area contributed by atoms with E-state index in [1.54, 1.807) is 0 Å². The van der Waals surface area contributed by atoms with Crippen LogP contribution in [0.5, 0.6) is 0 Å². The third kappa shape index (κ3) is 9.58. The third-order valence-electron chi connectivity index (χ3n) is 22.8. The molecule has 0 unspecified atom stereocenters. The van der Waals surface area contributed by atoms with E-state index in [-0.39, 0.29) is 158 Å². The van der Waals surface area contributed by atoms with E-state index in [1.807, 2.05) is 0 Å². The molecule has 16 fully saturated rings. The Bertz CT molecular complexity index is 2240. The molecule has 19 nitrogen and oxygen atoms in total. The molecule has 79 heavy (non-hydrogen) atoms. The molecular formula is C60H90O19. The van der Waals surface area contributed by atoms with Gasteiger partial charge in [-0.2, -0.15) is 0 Å². The lowest BCUT2D eigenvalue weighted by molar-refractivity contribution is -0.347. The second-order valence-corrected chi connectivity index (χ2v) is 28.4. The SMILES string of the molecule is C[C@@H]1[C@H]2OC(=O)C[C@H]3CC[C@@H]4O[C@@H]5[C@H]6O[C@@H]7C[C@](CC[C@H]8C[C@@H](C)[C@H](CC[C@H]9C[C@@H](C)[C@H](C)[C@@H](C[C@@H]2O[C@H]2C[C@H]%10O[C@@]%11(C[C@@H]%12O[C@]%13(C[C@H](C)[C@@H]%14O[C@H]([C@@H](O)C[C@@H](O)CO)C[C@@H]%14O%13)C[C@H](C)[C@@H]%12O%11)C[C@H]%10O[C@@H]12)O9)O8)(O[C@H]6[C@H]4O3)O[C@@H]57. The van der Waals surface area contributed by atoms with Crippen molar-refractivity contribution in [2.24, 2.45) is 35.5 Å². The van der Waals surface area contributed by atoms with E-state index >= 15 is 0 Å². The number of aliphatic hydroxyl groups excluding tert-OH is 3. The molecule has 16 aliphatic rings. The second-order valence-electron chi connectivity index (χ2n) is 28.4. The summed E-state index contributed by atoms with van der Waals surface area (Å²) < 4.78 is 104. The highest BCUT2D eigenvalue weighted by Crippen LogP contribution is 2.58. The lowest BCUT2D eigenvalue weighted by Crippen LogP contribution is -2.62. The van der Waals surface area contributed by atoms with Crippen LogP contribution >= 0.6 is 0 Å². The number of rotatable bonds is 4.